The number of para-hydroxylation sites is 1. The number of benzene rings is 2. The van der Waals surface area contributed by atoms with Gasteiger partial charge in [0.1, 0.15) is 31.6 Å². The Balaban J connectivity index is 1.58. The van der Waals surface area contributed by atoms with Gasteiger partial charge in [0.15, 0.2) is 5.75 Å². The predicted molar refractivity (Wildman–Crippen MR) is 111 cm³/mol. The predicted octanol–water partition coefficient (Wildman–Crippen LogP) is 4.65. The molecular weight excluding hydrogens is 399 g/mol. The van der Waals surface area contributed by atoms with Crippen LogP contribution in [0.5, 0.6) is 11.5 Å². The van der Waals surface area contributed by atoms with Crippen molar-refractivity contribution < 1.29 is 9.47 Å². The van der Waals surface area contributed by atoms with E-state index in [9.17, 15) is 0 Å². The summed E-state index contributed by atoms with van der Waals surface area (Å²) < 4.78 is 13.0. The monoisotopic (exact) mass is 416 g/mol. The van der Waals surface area contributed by atoms with Crippen LogP contribution in [0.3, 0.4) is 0 Å². The van der Waals surface area contributed by atoms with E-state index in [4.69, 9.17) is 32.7 Å². The highest BCUT2D eigenvalue weighted by molar-refractivity contribution is 6.37. The quantitative estimate of drug-likeness (QED) is 0.289. The third-order valence-corrected chi connectivity index (χ3v) is 4.25. The van der Waals surface area contributed by atoms with Gasteiger partial charge in [-0.05, 0) is 35.7 Å². The highest BCUT2D eigenvalue weighted by Crippen LogP contribution is 2.33. The van der Waals surface area contributed by atoms with Crippen molar-refractivity contribution in [2.24, 2.45) is 5.10 Å². The van der Waals surface area contributed by atoms with Gasteiger partial charge in [-0.15, -0.1) is 16.8 Å². The molecule has 3 aromatic rings. The molecule has 28 heavy (non-hydrogen) atoms. The zero-order valence-electron chi connectivity index (χ0n) is 15.0. The number of allylic oxidation sites excluding steroid dienone is 1. The lowest BCUT2D eigenvalue weighted by atomic mass is 10.1. The van der Waals surface area contributed by atoms with E-state index in [1.165, 1.54) is 17.3 Å². The number of ether oxygens (including phenoxy) is 2. The number of halogens is 2. The minimum Gasteiger partial charge on any atom is -0.490 e. The summed E-state index contributed by atoms with van der Waals surface area (Å²) in [6, 6.07) is 11.3. The molecule has 0 unspecified atom stereocenters. The fourth-order valence-corrected chi connectivity index (χ4v) is 3.06. The maximum absolute atomic E-state index is 6.30. The van der Waals surface area contributed by atoms with Crippen LogP contribution in [0.15, 0.2) is 66.8 Å². The fourth-order valence-electron chi connectivity index (χ4n) is 2.44. The van der Waals surface area contributed by atoms with Gasteiger partial charge >= 0.3 is 0 Å². The van der Waals surface area contributed by atoms with Crippen molar-refractivity contribution in [3.05, 3.63) is 82.9 Å². The van der Waals surface area contributed by atoms with Crippen LogP contribution in [0, 0.1) is 0 Å². The molecule has 0 amide bonds. The van der Waals surface area contributed by atoms with Crippen molar-refractivity contribution in [1.82, 2.24) is 14.9 Å². The van der Waals surface area contributed by atoms with Crippen molar-refractivity contribution in [3.63, 3.8) is 0 Å². The van der Waals surface area contributed by atoms with E-state index >= 15 is 0 Å². The second kappa shape index (κ2) is 9.92. The first-order valence-corrected chi connectivity index (χ1v) is 9.25. The Morgan fingerprint density at radius 3 is 2.43 bits per heavy atom. The fraction of sp³-hybridized carbons (Fsp3) is 0.150. The minimum absolute atomic E-state index is 0.302. The Bertz CT molecular complexity index is 936. The van der Waals surface area contributed by atoms with Crippen molar-refractivity contribution >= 4 is 29.4 Å². The van der Waals surface area contributed by atoms with Crippen LogP contribution in [0.1, 0.15) is 11.1 Å². The van der Waals surface area contributed by atoms with E-state index in [1.807, 2.05) is 30.3 Å². The number of hydrogen-bond acceptors (Lipinski definition) is 5. The maximum Gasteiger partial charge on any atom is 0.156 e. The van der Waals surface area contributed by atoms with Gasteiger partial charge in [-0.2, -0.15) is 5.10 Å². The molecule has 0 bridgehead atoms. The molecule has 1 aromatic heterocycles. The van der Waals surface area contributed by atoms with E-state index in [1.54, 1.807) is 18.3 Å². The minimum atomic E-state index is 0.302. The van der Waals surface area contributed by atoms with Gasteiger partial charge < -0.3 is 9.47 Å². The first-order chi connectivity index (χ1) is 13.7. The zero-order valence-corrected chi connectivity index (χ0v) is 16.5. The topological polar surface area (TPSA) is 61.5 Å². The van der Waals surface area contributed by atoms with Gasteiger partial charge in [0.25, 0.3) is 0 Å². The SMILES string of the molecule is C=CCc1ccccc1OCCOc1c(Cl)cc(/C=N/n2cnnc2)cc1Cl. The molecule has 0 spiro atoms. The molecule has 0 radical (unpaired) electrons. The van der Waals surface area contributed by atoms with Crippen LogP contribution in [0.2, 0.25) is 10.0 Å². The van der Waals surface area contributed by atoms with Gasteiger partial charge in [0.05, 0.1) is 16.3 Å². The van der Waals surface area contributed by atoms with Crippen LogP contribution < -0.4 is 9.47 Å². The molecule has 0 N–H and O–H groups in total. The molecule has 1 heterocycles. The summed E-state index contributed by atoms with van der Waals surface area (Å²) in [6.45, 7) is 4.42. The Hall–Kier alpha value is -2.83. The largest absolute Gasteiger partial charge is 0.490 e. The van der Waals surface area contributed by atoms with Gasteiger partial charge in [0, 0.05) is 0 Å². The second-order valence-electron chi connectivity index (χ2n) is 5.70. The van der Waals surface area contributed by atoms with Gasteiger partial charge in [0.2, 0.25) is 0 Å². The van der Waals surface area contributed by atoms with E-state index in [2.05, 4.69) is 21.9 Å². The van der Waals surface area contributed by atoms with E-state index < -0.39 is 0 Å². The Morgan fingerprint density at radius 1 is 1.04 bits per heavy atom. The molecule has 0 saturated carbocycles. The van der Waals surface area contributed by atoms with E-state index in [0.717, 1.165) is 23.3 Å². The summed E-state index contributed by atoms with van der Waals surface area (Å²) in [5.41, 5.74) is 1.80. The van der Waals surface area contributed by atoms with E-state index in [0.29, 0.717) is 29.0 Å². The third kappa shape index (κ3) is 5.34. The average molecular weight is 417 g/mol. The van der Waals surface area contributed by atoms with Gasteiger partial charge in [-0.25, -0.2) is 4.68 Å². The number of hydrogen-bond donors (Lipinski definition) is 0. The molecule has 144 valence electrons. The molecule has 0 aliphatic carbocycles. The Morgan fingerprint density at radius 2 is 1.71 bits per heavy atom. The molecule has 0 aliphatic heterocycles. The molecule has 0 aliphatic rings. The van der Waals surface area contributed by atoms with Crippen LogP contribution in [0.25, 0.3) is 0 Å². The second-order valence-corrected chi connectivity index (χ2v) is 6.51. The number of aromatic nitrogens is 3. The van der Waals surface area contributed by atoms with Crippen LogP contribution in [0.4, 0.5) is 0 Å². The van der Waals surface area contributed by atoms with Gasteiger partial charge in [-0.1, -0.05) is 47.5 Å². The summed E-state index contributed by atoms with van der Waals surface area (Å²) in [5, 5.41) is 12.3. The summed E-state index contributed by atoms with van der Waals surface area (Å²) in [6.07, 6.45) is 7.14. The summed E-state index contributed by atoms with van der Waals surface area (Å²) in [4.78, 5) is 0. The first kappa shape index (κ1) is 19.9. The maximum atomic E-state index is 6.30. The molecular formula is C20H18Cl2N4O2. The Kier molecular flexibility index (Phi) is 7.06. The molecule has 0 saturated heterocycles. The van der Waals surface area contributed by atoms with Crippen molar-refractivity contribution in [2.75, 3.05) is 13.2 Å². The molecule has 0 atom stereocenters. The van der Waals surface area contributed by atoms with Crippen molar-refractivity contribution in [2.45, 2.75) is 6.42 Å². The van der Waals surface area contributed by atoms with Gasteiger partial charge in [-0.3, -0.25) is 0 Å². The zero-order chi connectivity index (χ0) is 19.8. The van der Waals surface area contributed by atoms with Crippen LogP contribution in [-0.2, 0) is 6.42 Å². The molecule has 2 aromatic carbocycles. The average Bonchev–Trinajstić information content (AvgIpc) is 3.20. The normalized spacial score (nSPS) is 10.9. The molecule has 3 rings (SSSR count). The lowest BCUT2D eigenvalue weighted by molar-refractivity contribution is 0.216. The first-order valence-electron chi connectivity index (χ1n) is 8.50. The summed E-state index contributed by atoms with van der Waals surface area (Å²) in [5.74, 6) is 1.22. The van der Waals surface area contributed by atoms with Crippen LogP contribution in [-0.4, -0.2) is 34.3 Å². The molecule has 6 nitrogen and oxygen atoms in total. The van der Waals surface area contributed by atoms with Crippen molar-refractivity contribution in [3.8, 4) is 11.5 Å². The smallest absolute Gasteiger partial charge is 0.156 e. The highest BCUT2D eigenvalue weighted by Gasteiger charge is 2.10. The standard InChI is InChI=1S/C20H18Cl2N4O2/c1-2-5-16-6-3-4-7-19(16)27-8-9-28-20-17(21)10-15(11-18(20)22)12-25-26-13-23-24-14-26/h2-4,6-7,10-14H,1,5,8-9H2/b25-12+. The molecule has 0 fully saturated rings. The summed E-state index contributed by atoms with van der Waals surface area (Å²) >= 11 is 12.6. The lowest BCUT2D eigenvalue weighted by Crippen LogP contribution is -2.10. The van der Waals surface area contributed by atoms with E-state index in [-0.39, 0.29) is 0 Å². The summed E-state index contributed by atoms with van der Waals surface area (Å²) in [7, 11) is 0. The molecule has 8 heteroatoms. The highest BCUT2D eigenvalue weighted by atomic mass is 35.5. The van der Waals surface area contributed by atoms with Crippen LogP contribution >= 0.6 is 23.2 Å². The lowest BCUT2D eigenvalue weighted by Gasteiger charge is -2.13. The van der Waals surface area contributed by atoms with Crippen molar-refractivity contribution in [1.29, 1.82) is 0 Å². The number of rotatable bonds is 9. The third-order valence-electron chi connectivity index (χ3n) is 3.69. The Labute approximate surface area is 173 Å². The number of nitrogens with zero attached hydrogens (tertiary/aromatic N) is 4.